The molecule has 114 valence electrons. The number of rotatable bonds is 7. The molecular formula is C12H18BrClN2O3S. The SMILES string of the molecule is CCC(CC)N(CCO)S(=O)(=O)c1cc(Br)cnc1Cl. The second-order valence-corrected chi connectivity index (χ2v) is 7.38. The van der Waals surface area contributed by atoms with Crippen LogP contribution in [-0.2, 0) is 10.0 Å². The highest BCUT2D eigenvalue weighted by Crippen LogP contribution is 2.28. The fraction of sp³-hybridized carbons (Fsp3) is 0.583. The zero-order valence-electron chi connectivity index (χ0n) is 11.4. The highest BCUT2D eigenvalue weighted by Gasteiger charge is 2.31. The number of hydrogen-bond donors (Lipinski definition) is 1. The van der Waals surface area contributed by atoms with E-state index in [-0.39, 0.29) is 29.2 Å². The van der Waals surface area contributed by atoms with E-state index in [1.165, 1.54) is 16.6 Å². The van der Waals surface area contributed by atoms with Crippen LogP contribution in [0.2, 0.25) is 5.15 Å². The summed E-state index contributed by atoms with van der Waals surface area (Å²) in [6.45, 7) is 3.62. The predicted octanol–water partition coefficient (Wildman–Crippen LogP) is 2.67. The van der Waals surface area contributed by atoms with Gasteiger partial charge in [-0.25, -0.2) is 13.4 Å². The molecule has 20 heavy (non-hydrogen) atoms. The van der Waals surface area contributed by atoms with Gasteiger partial charge >= 0.3 is 0 Å². The lowest BCUT2D eigenvalue weighted by molar-refractivity contribution is 0.219. The molecule has 5 nitrogen and oxygen atoms in total. The van der Waals surface area contributed by atoms with E-state index in [0.717, 1.165) is 0 Å². The van der Waals surface area contributed by atoms with Crippen LogP contribution in [0.3, 0.4) is 0 Å². The molecule has 0 aliphatic rings. The number of hydrogen-bond acceptors (Lipinski definition) is 4. The largest absolute Gasteiger partial charge is 0.395 e. The minimum Gasteiger partial charge on any atom is -0.395 e. The average Bonchev–Trinajstić information content (AvgIpc) is 2.41. The molecule has 0 bridgehead atoms. The van der Waals surface area contributed by atoms with Crippen LogP contribution >= 0.6 is 27.5 Å². The predicted molar refractivity (Wildman–Crippen MR) is 82.3 cm³/mol. The Hall–Kier alpha value is -0.210. The lowest BCUT2D eigenvalue weighted by Gasteiger charge is -2.29. The van der Waals surface area contributed by atoms with Crippen molar-refractivity contribution >= 4 is 37.6 Å². The Bertz CT molecular complexity index is 550. The van der Waals surface area contributed by atoms with Gasteiger partial charge in [0.25, 0.3) is 0 Å². The van der Waals surface area contributed by atoms with Crippen molar-refractivity contribution < 1.29 is 13.5 Å². The smallest absolute Gasteiger partial charge is 0.246 e. The first-order valence-corrected chi connectivity index (χ1v) is 8.93. The molecule has 0 atom stereocenters. The maximum Gasteiger partial charge on any atom is 0.246 e. The van der Waals surface area contributed by atoms with Gasteiger partial charge in [0.05, 0.1) is 6.61 Å². The molecular weight excluding hydrogens is 368 g/mol. The second-order valence-electron chi connectivity index (χ2n) is 4.25. The van der Waals surface area contributed by atoms with Gasteiger partial charge < -0.3 is 5.11 Å². The Labute approximate surface area is 133 Å². The molecule has 1 aromatic rings. The maximum atomic E-state index is 12.7. The molecule has 1 N–H and O–H groups in total. The van der Waals surface area contributed by atoms with Crippen LogP contribution in [0, 0.1) is 0 Å². The van der Waals surface area contributed by atoms with Crippen molar-refractivity contribution in [3.8, 4) is 0 Å². The van der Waals surface area contributed by atoms with E-state index in [0.29, 0.717) is 17.3 Å². The van der Waals surface area contributed by atoms with Crippen molar-refractivity contribution in [2.45, 2.75) is 37.6 Å². The molecule has 1 rings (SSSR count). The lowest BCUT2D eigenvalue weighted by atomic mass is 10.2. The molecule has 1 heterocycles. The molecule has 0 aliphatic carbocycles. The first-order valence-electron chi connectivity index (χ1n) is 6.32. The van der Waals surface area contributed by atoms with Gasteiger partial charge in [-0.2, -0.15) is 4.31 Å². The summed E-state index contributed by atoms with van der Waals surface area (Å²) in [5, 5.41) is 9.08. The molecule has 0 fully saturated rings. The third-order valence-electron chi connectivity index (χ3n) is 3.03. The summed E-state index contributed by atoms with van der Waals surface area (Å²) in [6, 6.07) is 1.25. The van der Waals surface area contributed by atoms with Gasteiger partial charge in [-0.3, -0.25) is 0 Å². The normalized spacial score (nSPS) is 12.3. The van der Waals surface area contributed by atoms with Gasteiger partial charge in [-0.05, 0) is 34.8 Å². The van der Waals surface area contributed by atoms with Gasteiger partial charge in [-0.15, -0.1) is 0 Å². The van der Waals surface area contributed by atoms with Gasteiger partial charge in [0.1, 0.15) is 10.0 Å². The van der Waals surface area contributed by atoms with E-state index in [9.17, 15) is 8.42 Å². The number of halogens is 2. The minimum atomic E-state index is -3.79. The van der Waals surface area contributed by atoms with Crippen molar-refractivity contribution in [3.05, 3.63) is 21.9 Å². The Morgan fingerprint density at radius 2 is 2.05 bits per heavy atom. The monoisotopic (exact) mass is 384 g/mol. The number of aromatic nitrogens is 1. The zero-order valence-corrected chi connectivity index (χ0v) is 14.5. The summed E-state index contributed by atoms with van der Waals surface area (Å²) in [6.07, 6.45) is 2.76. The number of pyridine rings is 1. The van der Waals surface area contributed by atoms with Crippen LogP contribution in [0.15, 0.2) is 21.6 Å². The molecule has 0 unspecified atom stereocenters. The van der Waals surface area contributed by atoms with Crippen molar-refractivity contribution in [1.82, 2.24) is 9.29 Å². The van der Waals surface area contributed by atoms with E-state index >= 15 is 0 Å². The third-order valence-corrected chi connectivity index (χ3v) is 5.84. The van der Waals surface area contributed by atoms with Gasteiger partial charge in [0.2, 0.25) is 10.0 Å². The first-order chi connectivity index (χ1) is 9.38. The fourth-order valence-corrected chi connectivity index (χ4v) is 4.69. The van der Waals surface area contributed by atoms with Crippen LogP contribution in [0.25, 0.3) is 0 Å². The van der Waals surface area contributed by atoms with E-state index < -0.39 is 10.0 Å². The molecule has 0 aliphatic heterocycles. The van der Waals surface area contributed by atoms with Crippen molar-refractivity contribution in [1.29, 1.82) is 0 Å². The highest BCUT2D eigenvalue weighted by atomic mass is 79.9. The van der Waals surface area contributed by atoms with E-state index in [1.807, 2.05) is 13.8 Å². The third kappa shape index (κ3) is 3.92. The van der Waals surface area contributed by atoms with E-state index in [1.54, 1.807) is 0 Å². The Morgan fingerprint density at radius 1 is 1.45 bits per heavy atom. The number of nitrogens with zero attached hydrogens (tertiary/aromatic N) is 2. The Kier molecular flexibility index (Phi) is 6.87. The summed E-state index contributed by atoms with van der Waals surface area (Å²) >= 11 is 9.11. The standard InChI is InChI=1S/C12H18BrClN2O3S/c1-3-10(4-2)16(5-6-17)20(18,19)11-7-9(13)8-15-12(11)14/h7-8,10,17H,3-6H2,1-2H3. The summed E-state index contributed by atoms with van der Waals surface area (Å²) in [5.74, 6) is 0. The number of sulfonamides is 1. The molecule has 0 spiro atoms. The highest BCUT2D eigenvalue weighted by molar-refractivity contribution is 9.10. The van der Waals surface area contributed by atoms with Crippen molar-refractivity contribution in [2.75, 3.05) is 13.2 Å². The summed E-state index contributed by atoms with van der Waals surface area (Å²) in [4.78, 5) is 3.80. The molecule has 0 saturated heterocycles. The lowest BCUT2D eigenvalue weighted by Crippen LogP contribution is -2.41. The van der Waals surface area contributed by atoms with Crippen LogP contribution in [0.1, 0.15) is 26.7 Å². The van der Waals surface area contributed by atoms with Crippen LogP contribution in [-0.4, -0.2) is 42.0 Å². The van der Waals surface area contributed by atoms with Gasteiger partial charge in [0, 0.05) is 23.3 Å². The molecule has 8 heteroatoms. The Morgan fingerprint density at radius 3 is 2.55 bits per heavy atom. The molecule has 0 aromatic carbocycles. The number of aliphatic hydroxyl groups excluding tert-OH is 1. The van der Waals surface area contributed by atoms with Gasteiger partial charge in [0.15, 0.2) is 0 Å². The quantitative estimate of drug-likeness (QED) is 0.733. The summed E-state index contributed by atoms with van der Waals surface area (Å²) < 4.78 is 27.3. The summed E-state index contributed by atoms with van der Waals surface area (Å²) in [5.41, 5.74) is 0. The zero-order chi connectivity index (χ0) is 15.3. The minimum absolute atomic E-state index is 0.0392. The second kappa shape index (κ2) is 7.70. The molecule has 0 amide bonds. The van der Waals surface area contributed by atoms with Crippen molar-refractivity contribution in [3.63, 3.8) is 0 Å². The van der Waals surface area contributed by atoms with Crippen LogP contribution in [0.4, 0.5) is 0 Å². The van der Waals surface area contributed by atoms with Crippen LogP contribution < -0.4 is 0 Å². The van der Waals surface area contributed by atoms with E-state index in [2.05, 4.69) is 20.9 Å². The summed E-state index contributed by atoms with van der Waals surface area (Å²) in [7, 11) is -3.79. The fourth-order valence-electron chi connectivity index (χ4n) is 2.00. The van der Waals surface area contributed by atoms with Crippen molar-refractivity contribution in [2.24, 2.45) is 0 Å². The molecule has 0 radical (unpaired) electrons. The average molecular weight is 386 g/mol. The number of aliphatic hydroxyl groups is 1. The maximum absolute atomic E-state index is 12.7. The van der Waals surface area contributed by atoms with E-state index in [4.69, 9.17) is 16.7 Å². The van der Waals surface area contributed by atoms with Gasteiger partial charge in [-0.1, -0.05) is 25.4 Å². The molecule has 0 saturated carbocycles. The molecule has 1 aromatic heterocycles. The van der Waals surface area contributed by atoms with Crippen LogP contribution in [0.5, 0.6) is 0 Å². The first kappa shape index (κ1) is 17.8. The Balaban J connectivity index is 3.32. The topological polar surface area (TPSA) is 70.5 Å².